The molecule has 1 aromatic heterocycles. The van der Waals surface area contributed by atoms with Crippen LogP contribution in [0.5, 0.6) is 0 Å². The molecular weight excluding hydrogens is 270 g/mol. The molecule has 7 nitrogen and oxygen atoms in total. The quantitative estimate of drug-likeness (QED) is 0.509. The zero-order valence-corrected chi connectivity index (χ0v) is 12.3. The third-order valence-corrected chi connectivity index (χ3v) is 3.45. The number of carbonyl (C=O) groups is 1. The number of amides is 1. The second kappa shape index (κ2) is 7.92. The highest BCUT2D eigenvalue weighted by atomic mass is 16.5. The molecule has 7 heteroatoms. The molecule has 1 atom stereocenters. The lowest BCUT2D eigenvalue weighted by molar-refractivity contribution is -0.132. The molecule has 0 aromatic carbocycles. The van der Waals surface area contributed by atoms with Crippen molar-refractivity contribution in [2.24, 2.45) is 5.84 Å². The summed E-state index contributed by atoms with van der Waals surface area (Å²) in [5.41, 5.74) is 3.54. The average Bonchev–Trinajstić information content (AvgIpc) is 2.54. The van der Waals surface area contributed by atoms with Crippen molar-refractivity contribution in [1.82, 2.24) is 15.2 Å². The van der Waals surface area contributed by atoms with Crippen LogP contribution in [0.15, 0.2) is 18.3 Å². The van der Waals surface area contributed by atoms with Crippen LogP contribution in [0, 0.1) is 0 Å². The summed E-state index contributed by atoms with van der Waals surface area (Å²) < 4.78 is 5.44. The van der Waals surface area contributed by atoms with Gasteiger partial charge in [-0.1, -0.05) is 13.0 Å². The van der Waals surface area contributed by atoms with E-state index in [1.165, 1.54) is 0 Å². The van der Waals surface area contributed by atoms with Gasteiger partial charge in [0.2, 0.25) is 5.91 Å². The highest BCUT2D eigenvalue weighted by molar-refractivity contribution is 5.82. The van der Waals surface area contributed by atoms with Crippen molar-refractivity contribution in [2.45, 2.75) is 25.9 Å². The fourth-order valence-electron chi connectivity index (χ4n) is 2.27. The summed E-state index contributed by atoms with van der Waals surface area (Å²) in [5, 5.41) is 2.93. The van der Waals surface area contributed by atoms with Crippen LogP contribution in [0.4, 0.5) is 5.82 Å². The second-order valence-electron chi connectivity index (χ2n) is 5.05. The van der Waals surface area contributed by atoms with Gasteiger partial charge in [0.1, 0.15) is 11.9 Å². The van der Waals surface area contributed by atoms with E-state index in [1.807, 2.05) is 19.1 Å². The van der Waals surface area contributed by atoms with Crippen molar-refractivity contribution >= 4 is 11.7 Å². The third kappa shape index (κ3) is 4.38. The Morgan fingerprint density at radius 3 is 3.10 bits per heavy atom. The number of hydrogen-bond donors (Lipinski definition) is 3. The van der Waals surface area contributed by atoms with Crippen LogP contribution in [-0.4, -0.2) is 48.1 Å². The van der Waals surface area contributed by atoms with E-state index in [0.29, 0.717) is 32.1 Å². The Labute approximate surface area is 124 Å². The molecule has 1 aliphatic heterocycles. The number of nitrogens with zero attached hydrogens (tertiary/aromatic N) is 2. The van der Waals surface area contributed by atoms with E-state index in [9.17, 15) is 4.79 Å². The van der Waals surface area contributed by atoms with E-state index >= 15 is 0 Å². The van der Waals surface area contributed by atoms with Gasteiger partial charge in [0.25, 0.3) is 0 Å². The monoisotopic (exact) mass is 293 g/mol. The molecule has 1 aromatic rings. The van der Waals surface area contributed by atoms with Gasteiger partial charge in [-0.25, -0.2) is 10.8 Å². The molecule has 1 saturated heterocycles. The highest BCUT2D eigenvalue weighted by Crippen LogP contribution is 2.13. The van der Waals surface area contributed by atoms with Gasteiger partial charge in [0.05, 0.1) is 13.2 Å². The lowest BCUT2D eigenvalue weighted by Crippen LogP contribution is -2.53. The summed E-state index contributed by atoms with van der Waals surface area (Å²) in [5.74, 6) is 5.96. The van der Waals surface area contributed by atoms with Gasteiger partial charge in [0.15, 0.2) is 0 Å². The molecule has 1 fully saturated rings. The number of aromatic nitrogens is 1. The third-order valence-electron chi connectivity index (χ3n) is 3.45. The van der Waals surface area contributed by atoms with Gasteiger partial charge < -0.3 is 15.5 Å². The molecule has 116 valence electrons. The largest absolute Gasteiger partial charge is 0.378 e. The standard InChI is InChI=1S/C14H23N5O2/c1-2-5-16-14(20)12-10-21-7-6-19(12)9-11-3-4-13(18-15)17-8-11/h3-4,8,12H,2,5-7,9-10,15H2,1H3,(H,16,20)(H,17,18). The van der Waals surface area contributed by atoms with Gasteiger partial charge >= 0.3 is 0 Å². The lowest BCUT2D eigenvalue weighted by atomic mass is 10.1. The van der Waals surface area contributed by atoms with E-state index in [4.69, 9.17) is 10.6 Å². The first-order valence-corrected chi connectivity index (χ1v) is 7.25. The number of nitrogens with two attached hydrogens (primary N) is 1. The molecule has 21 heavy (non-hydrogen) atoms. The average molecular weight is 293 g/mol. The number of hydrogen-bond acceptors (Lipinski definition) is 6. The number of hydrazine groups is 1. The minimum absolute atomic E-state index is 0.0322. The van der Waals surface area contributed by atoms with Gasteiger partial charge in [-0.05, 0) is 18.1 Å². The Kier molecular flexibility index (Phi) is 5.91. The van der Waals surface area contributed by atoms with Crippen LogP contribution >= 0.6 is 0 Å². The first kappa shape index (κ1) is 15.7. The van der Waals surface area contributed by atoms with Crippen molar-refractivity contribution in [3.8, 4) is 0 Å². The minimum atomic E-state index is -0.238. The van der Waals surface area contributed by atoms with E-state index < -0.39 is 0 Å². The van der Waals surface area contributed by atoms with E-state index in [2.05, 4.69) is 20.6 Å². The molecule has 0 aliphatic carbocycles. The number of rotatable bonds is 6. The van der Waals surface area contributed by atoms with Crippen LogP contribution in [0.2, 0.25) is 0 Å². The highest BCUT2D eigenvalue weighted by Gasteiger charge is 2.29. The molecule has 2 heterocycles. The summed E-state index contributed by atoms with van der Waals surface area (Å²) >= 11 is 0. The Hall–Kier alpha value is -1.70. The maximum absolute atomic E-state index is 12.2. The molecule has 2 rings (SSSR count). The predicted octanol–water partition coefficient (Wildman–Crippen LogP) is 0.0942. The zero-order valence-electron chi connectivity index (χ0n) is 12.3. The summed E-state index contributed by atoms with van der Waals surface area (Å²) in [7, 11) is 0. The smallest absolute Gasteiger partial charge is 0.239 e. The van der Waals surface area contributed by atoms with Crippen LogP contribution in [-0.2, 0) is 16.1 Å². The number of anilines is 1. The molecule has 0 radical (unpaired) electrons. The van der Waals surface area contributed by atoms with Crippen LogP contribution in [0.1, 0.15) is 18.9 Å². The number of nitrogens with one attached hydrogen (secondary N) is 2. The van der Waals surface area contributed by atoms with Crippen molar-refractivity contribution in [1.29, 1.82) is 0 Å². The Balaban J connectivity index is 1.98. The molecular formula is C14H23N5O2. The first-order chi connectivity index (χ1) is 10.2. The Bertz CT molecular complexity index is 451. The van der Waals surface area contributed by atoms with Crippen molar-refractivity contribution in [2.75, 3.05) is 31.7 Å². The number of ether oxygens (including phenoxy) is 1. The molecule has 0 saturated carbocycles. The van der Waals surface area contributed by atoms with Crippen LogP contribution in [0.25, 0.3) is 0 Å². The molecule has 0 spiro atoms. The second-order valence-corrected chi connectivity index (χ2v) is 5.05. The molecule has 0 bridgehead atoms. The fourth-order valence-corrected chi connectivity index (χ4v) is 2.27. The first-order valence-electron chi connectivity index (χ1n) is 7.25. The number of nitrogen functional groups attached to an aromatic ring is 1. The van der Waals surface area contributed by atoms with Crippen LogP contribution in [0.3, 0.4) is 0 Å². The lowest BCUT2D eigenvalue weighted by Gasteiger charge is -2.34. The zero-order chi connectivity index (χ0) is 15.1. The van der Waals surface area contributed by atoms with Crippen LogP contribution < -0.4 is 16.6 Å². The molecule has 1 aliphatic rings. The predicted molar refractivity (Wildman–Crippen MR) is 80.4 cm³/mol. The number of pyridine rings is 1. The topological polar surface area (TPSA) is 92.5 Å². The van der Waals surface area contributed by atoms with Crippen molar-refractivity contribution < 1.29 is 9.53 Å². The Morgan fingerprint density at radius 1 is 1.57 bits per heavy atom. The van der Waals surface area contributed by atoms with Gasteiger partial charge in [-0.15, -0.1) is 0 Å². The van der Waals surface area contributed by atoms with Gasteiger partial charge in [-0.3, -0.25) is 9.69 Å². The van der Waals surface area contributed by atoms with E-state index in [1.54, 1.807) is 6.20 Å². The van der Waals surface area contributed by atoms with Crippen molar-refractivity contribution in [3.63, 3.8) is 0 Å². The molecule has 1 unspecified atom stereocenters. The molecule has 1 amide bonds. The maximum atomic E-state index is 12.2. The van der Waals surface area contributed by atoms with Gasteiger partial charge in [0, 0.05) is 25.8 Å². The van der Waals surface area contributed by atoms with Gasteiger partial charge in [-0.2, -0.15) is 0 Å². The number of morpholine rings is 1. The maximum Gasteiger partial charge on any atom is 0.239 e. The summed E-state index contributed by atoms with van der Waals surface area (Å²) in [4.78, 5) is 18.5. The summed E-state index contributed by atoms with van der Waals surface area (Å²) in [6.45, 7) is 5.22. The normalized spacial score (nSPS) is 19.2. The summed E-state index contributed by atoms with van der Waals surface area (Å²) in [6.07, 6.45) is 2.70. The number of carbonyl (C=O) groups excluding carboxylic acids is 1. The molecule has 4 N–H and O–H groups in total. The fraction of sp³-hybridized carbons (Fsp3) is 0.571. The van der Waals surface area contributed by atoms with E-state index in [-0.39, 0.29) is 11.9 Å². The summed E-state index contributed by atoms with van der Waals surface area (Å²) in [6, 6.07) is 3.54. The SMILES string of the molecule is CCCNC(=O)C1COCCN1Cc1ccc(NN)nc1. The van der Waals surface area contributed by atoms with Crippen molar-refractivity contribution in [3.05, 3.63) is 23.9 Å². The Morgan fingerprint density at radius 2 is 2.43 bits per heavy atom. The minimum Gasteiger partial charge on any atom is -0.378 e. The van der Waals surface area contributed by atoms with E-state index in [0.717, 1.165) is 18.5 Å².